The van der Waals surface area contributed by atoms with Crippen molar-refractivity contribution in [1.29, 1.82) is 0 Å². The van der Waals surface area contributed by atoms with E-state index in [1.807, 2.05) is 24.6 Å². The monoisotopic (exact) mass is 356 g/mol. The van der Waals surface area contributed by atoms with Gasteiger partial charge in [-0.3, -0.25) is 9.59 Å². The lowest BCUT2D eigenvalue weighted by molar-refractivity contribution is -0.152. The molecule has 6 heteroatoms. The predicted molar refractivity (Wildman–Crippen MR) is 83.3 cm³/mol. The third kappa shape index (κ3) is 3.00. The Kier molecular flexibility index (Phi) is 4.76. The van der Waals surface area contributed by atoms with Crippen molar-refractivity contribution in [3.63, 3.8) is 0 Å². The number of carbonyl (C=O) groups is 2. The van der Waals surface area contributed by atoms with Gasteiger partial charge in [-0.15, -0.1) is 0 Å². The van der Waals surface area contributed by atoms with Crippen LogP contribution in [0.1, 0.15) is 43.6 Å². The zero-order valence-electron chi connectivity index (χ0n) is 12.4. The minimum atomic E-state index is -0.797. The van der Waals surface area contributed by atoms with E-state index >= 15 is 0 Å². The van der Waals surface area contributed by atoms with Gasteiger partial charge in [0.25, 0.3) is 5.91 Å². The number of piperidine rings is 1. The lowest BCUT2D eigenvalue weighted by Crippen LogP contribution is -2.50. The van der Waals surface area contributed by atoms with Crippen molar-refractivity contribution in [3.05, 3.63) is 22.4 Å². The van der Waals surface area contributed by atoms with Gasteiger partial charge in [0.1, 0.15) is 5.69 Å². The molecule has 116 valence electrons. The Labute approximate surface area is 133 Å². The first-order valence-electron chi connectivity index (χ1n) is 7.32. The molecule has 0 aliphatic carbocycles. The molecule has 1 amide bonds. The number of carboxylic acid groups (broad SMARTS) is 1. The first kappa shape index (κ1) is 16.1. The van der Waals surface area contributed by atoms with Crippen LogP contribution >= 0.6 is 15.9 Å². The summed E-state index contributed by atoms with van der Waals surface area (Å²) in [5, 5.41) is 9.51. The molecule has 1 aromatic heterocycles. The number of aromatic nitrogens is 1. The van der Waals surface area contributed by atoms with Crippen molar-refractivity contribution in [1.82, 2.24) is 9.47 Å². The Balaban J connectivity index is 2.25. The lowest BCUT2D eigenvalue weighted by atomic mass is 9.77. The molecule has 21 heavy (non-hydrogen) atoms. The molecule has 1 atom stereocenters. The summed E-state index contributed by atoms with van der Waals surface area (Å²) in [4.78, 5) is 26.0. The number of carbonyl (C=O) groups excluding carboxylic acids is 1. The first-order valence-corrected chi connectivity index (χ1v) is 8.11. The van der Waals surface area contributed by atoms with Crippen molar-refractivity contribution in [3.8, 4) is 0 Å². The lowest BCUT2D eigenvalue weighted by Gasteiger charge is -2.39. The molecule has 2 heterocycles. The van der Waals surface area contributed by atoms with Gasteiger partial charge < -0.3 is 14.6 Å². The fraction of sp³-hybridized carbons (Fsp3) is 0.600. The number of hydrogen-bond donors (Lipinski definition) is 1. The number of nitrogens with zero attached hydrogens (tertiary/aromatic N) is 2. The van der Waals surface area contributed by atoms with E-state index in [1.165, 1.54) is 0 Å². The summed E-state index contributed by atoms with van der Waals surface area (Å²) in [5.74, 6) is -0.879. The van der Waals surface area contributed by atoms with Crippen LogP contribution < -0.4 is 0 Å². The van der Waals surface area contributed by atoms with Crippen LogP contribution in [0, 0.1) is 5.41 Å². The SMILES string of the molecule is CCn1cc(Br)cc1C(=O)N1CCCC(CC)(C(=O)O)C1. The normalized spacial score (nSPS) is 22.3. The second-order valence-corrected chi connectivity index (χ2v) is 6.51. The number of aryl methyl sites for hydroxylation is 1. The van der Waals surface area contributed by atoms with Crippen molar-refractivity contribution >= 4 is 27.8 Å². The standard InChI is InChI=1S/C15H21BrN2O3/c1-3-15(14(20)21)6-5-7-18(10-15)13(19)12-8-11(16)9-17(12)4-2/h8-9H,3-7,10H2,1-2H3,(H,20,21). The summed E-state index contributed by atoms with van der Waals surface area (Å²) in [6, 6.07) is 1.80. The zero-order valence-corrected chi connectivity index (χ0v) is 14.0. The zero-order chi connectivity index (χ0) is 15.6. The highest BCUT2D eigenvalue weighted by atomic mass is 79.9. The maximum atomic E-state index is 12.7. The molecule has 0 bridgehead atoms. The van der Waals surface area contributed by atoms with Gasteiger partial charge in [-0.1, -0.05) is 6.92 Å². The number of hydrogen-bond acceptors (Lipinski definition) is 2. The third-order valence-electron chi connectivity index (χ3n) is 4.42. The van der Waals surface area contributed by atoms with Crippen LogP contribution in [0.25, 0.3) is 0 Å². The molecule has 0 spiro atoms. The van der Waals surface area contributed by atoms with E-state index in [0.29, 0.717) is 38.2 Å². The molecular formula is C15H21BrN2O3. The summed E-state index contributed by atoms with van der Waals surface area (Å²) in [6.45, 7) is 5.49. The molecule has 0 aromatic carbocycles. The van der Waals surface area contributed by atoms with Gasteiger partial charge in [0.15, 0.2) is 0 Å². The molecule has 0 saturated carbocycles. The Morgan fingerprint density at radius 1 is 1.43 bits per heavy atom. The van der Waals surface area contributed by atoms with Crippen LogP contribution in [0.4, 0.5) is 0 Å². The van der Waals surface area contributed by atoms with Gasteiger partial charge in [-0.2, -0.15) is 0 Å². The van der Waals surface area contributed by atoms with E-state index in [4.69, 9.17) is 0 Å². The second-order valence-electron chi connectivity index (χ2n) is 5.60. The van der Waals surface area contributed by atoms with Gasteiger partial charge in [-0.05, 0) is 48.2 Å². The Bertz CT molecular complexity index is 555. The molecule has 1 saturated heterocycles. The van der Waals surface area contributed by atoms with Crippen LogP contribution in [0.5, 0.6) is 0 Å². The van der Waals surface area contributed by atoms with Crippen molar-refractivity contribution < 1.29 is 14.7 Å². The maximum absolute atomic E-state index is 12.7. The summed E-state index contributed by atoms with van der Waals surface area (Å²) in [5.41, 5.74) is -0.184. The van der Waals surface area contributed by atoms with Crippen LogP contribution in [-0.2, 0) is 11.3 Å². The van der Waals surface area contributed by atoms with Gasteiger partial charge >= 0.3 is 5.97 Å². The van der Waals surface area contributed by atoms with Crippen molar-refractivity contribution in [2.24, 2.45) is 5.41 Å². The predicted octanol–water partition coefficient (Wildman–Crippen LogP) is 2.99. The van der Waals surface area contributed by atoms with Gasteiger partial charge in [-0.25, -0.2) is 0 Å². The number of aliphatic carboxylic acids is 1. The molecule has 2 rings (SSSR count). The van der Waals surface area contributed by atoms with Gasteiger partial charge in [0.2, 0.25) is 0 Å². The van der Waals surface area contributed by atoms with Gasteiger partial charge in [0, 0.05) is 30.3 Å². The summed E-state index contributed by atoms with van der Waals surface area (Å²) in [7, 11) is 0. The molecule has 1 unspecified atom stereocenters. The first-order chi connectivity index (χ1) is 9.93. The number of likely N-dealkylation sites (tertiary alicyclic amines) is 1. The second kappa shape index (κ2) is 6.22. The smallest absolute Gasteiger partial charge is 0.311 e. The van der Waals surface area contributed by atoms with Crippen molar-refractivity contribution in [2.75, 3.05) is 13.1 Å². The molecule has 1 aromatic rings. The van der Waals surface area contributed by atoms with E-state index < -0.39 is 11.4 Å². The third-order valence-corrected chi connectivity index (χ3v) is 4.85. The molecule has 1 N–H and O–H groups in total. The molecule has 1 aliphatic heterocycles. The Morgan fingerprint density at radius 3 is 2.71 bits per heavy atom. The fourth-order valence-corrected chi connectivity index (χ4v) is 3.46. The number of carboxylic acids is 1. The maximum Gasteiger partial charge on any atom is 0.311 e. The molecular weight excluding hydrogens is 336 g/mol. The molecule has 1 fully saturated rings. The number of amides is 1. The van der Waals surface area contributed by atoms with E-state index in [2.05, 4.69) is 15.9 Å². The molecule has 0 radical (unpaired) electrons. The highest BCUT2D eigenvalue weighted by Gasteiger charge is 2.42. The van der Waals surface area contributed by atoms with Gasteiger partial charge in [0.05, 0.1) is 5.41 Å². The minimum absolute atomic E-state index is 0.0821. The topological polar surface area (TPSA) is 62.5 Å². The van der Waals surface area contributed by atoms with E-state index in [-0.39, 0.29) is 5.91 Å². The number of halogens is 1. The highest BCUT2D eigenvalue weighted by Crippen LogP contribution is 2.34. The summed E-state index contributed by atoms with van der Waals surface area (Å²) < 4.78 is 2.75. The van der Waals surface area contributed by atoms with Crippen LogP contribution in [0.3, 0.4) is 0 Å². The Hall–Kier alpha value is -1.30. The quantitative estimate of drug-likeness (QED) is 0.901. The average Bonchev–Trinajstić information content (AvgIpc) is 2.87. The summed E-state index contributed by atoms with van der Waals surface area (Å²) in [6.07, 6.45) is 3.80. The minimum Gasteiger partial charge on any atom is -0.481 e. The average molecular weight is 357 g/mol. The molecule has 1 aliphatic rings. The largest absolute Gasteiger partial charge is 0.481 e. The molecule has 5 nitrogen and oxygen atoms in total. The van der Waals surface area contributed by atoms with Crippen LogP contribution in [0.2, 0.25) is 0 Å². The highest BCUT2D eigenvalue weighted by molar-refractivity contribution is 9.10. The fourth-order valence-electron chi connectivity index (χ4n) is 3.00. The van der Waals surface area contributed by atoms with Crippen LogP contribution in [0.15, 0.2) is 16.7 Å². The Morgan fingerprint density at radius 2 is 2.14 bits per heavy atom. The van der Waals surface area contributed by atoms with Crippen molar-refractivity contribution in [2.45, 2.75) is 39.7 Å². The van der Waals surface area contributed by atoms with E-state index in [9.17, 15) is 14.7 Å². The number of rotatable bonds is 4. The van der Waals surface area contributed by atoms with E-state index in [1.54, 1.807) is 11.0 Å². The van der Waals surface area contributed by atoms with E-state index in [0.717, 1.165) is 10.9 Å². The van der Waals surface area contributed by atoms with Crippen LogP contribution in [-0.4, -0.2) is 39.5 Å². The summed E-state index contributed by atoms with van der Waals surface area (Å²) >= 11 is 3.39.